The number of aromatic nitrogens is 1. The van der Waals surface area contributed by atoms with Gasteiger partial charge in [0.25, 0.3) is 5.56 Å². The Bertz CT molecular complexity index is 1330. The summed E-state index contributed by atoms with van der Waals surface area (Å²) in [6.45, 7) is 3.05. The molecule has 0 fully saturated rings. The van der Waals surface area contributed by atoms with Gasteiger partial charge in [0.1, 0.15) is 5.75 Å². The van der Waals surface area contributed by atoms with Crippen LogP contribution < -0.4 is 16.2 Å². The Labute approximate surface area is 195 Å². The number of carboxylic acids is 1. The number of anilines is 1. The molecule has 0 aliphatic heterocycles. The standard InChI is InChI=1S/C25H25N3O6/c1-14-13-28(3)24(33)22(23(14)32)27-25(34)26-20(12-21(30)31)19-9-5-8-18(11-19)17-7-4-6-16(10-17)15(2)29/h4-11,13,20,32H,12H2,1-3H3,(H,30,31)(H2,26,27,34). The molecule has 0 radical (unpaired) electrons. The van der Waals surface area contributed by atoms with Gasteiger partial charge >= 0.3 is 12.0 Å². The summed E-state index contributed by atoms with van der Waals surface area (Å²) in [5.74, 6) is -1.57. The van der Waals surface area contributed by atoms with Crippen molar-refractivity contribution in [2.24, 2.45) is 7.05 Å². The number of pyridine rings is 1. The number of ketones is 1. The zero-order valence-electron chi connectivity index (χ0n) is 19.0. The topological polar surface area (TPSA) is 138 Å². The van der Waals surface area contributed by atoms with Gasteiger partial charge in [0.05, 0.1) is 12.5 Å². The van der Waals surface area contributed by atoms with E-state index in [1.165, 1.54) is 24.7 Å². The maximum Gasteiger partial charge on any atom is 0.319 e. The number of carboxylic acid groups (broad SMARTS) is 1. The zero-order valence-corrected chi connectivity index (χ0v) is 19.0. The first kappa shape index (κ1) is 24.2. The van der Waals surface area contributed by atoms with Crippen LogP contribution in [0.4, 0.5) is 10.5 Å². The Morgan fingerprint density at radius 2 is 1.71 bits per heavy atom. The number of aryl methyl sites for hydroxylation is 2. The second-order valence-electron chi connectivity index (χ2n) is 7.96. The highest BCUT2D eigenvalue weighted by Crippen LogP contribution is 2.27. The van der Waals surface area contributed by atoms with E-state index >= 15 is 0 Å². The molecule has 0 aliphatic rings. The van der Waals surface area contributed by atoms with E-state index in [1.807, 2.05) is 12.1 Å². The summed E-state index contributed by atoms with van der Waals surface area (Å²) < 4.78 is 1.22. The molecule has 0 spiro atoms. The number of nitrogens with zero attached hydrogens (tertiary/aromatic N) is 1. The van der Waals surface area contributed by atoms with Crippen LogP contribution in [-0.4, -0.2) is 32.6 Å². The first-order valence-electron chi connectivity index (χ1n) is 10.5. The van der Waals surface area contributed by atoms with Crippen LogP contribution in [0.2, 0.25) is 0 Å². The number of urea groups is 1. The number of Topliss-reactive ketones (excluding diaryl/α,β-unsaturated/α-hetero) is 1. The molecule has 3 rings (SSSR count). The van der Waals surface area contributed by atoms with Gasteiger partial charge in [-0.1, -0.05) is 36.4 Å². The van der Waals surface area contributed by atoms with E-state index in [-0.39, 0.29) is 17.2 Å². The molecular formula is C25H25N3O6. The number of carbonyl (C=O) groups excluding carboxylic acids is 2. The molecule has 9 heteroatoms. The van der Waals surface area contributed by atoms with Gasteiger partial charge < -0.3 is 25.4 Å². The van der Waals surface area contributed by atoms with Gasteiger partial charge in [-0.15, -0.1) is 0 Å². The second kappa shape index (κ2) is 10.0. The van der Waals surface area contributed by atoms with Gasteiger partial charge in [0, 0.05) is 24.4 Å². The van der Waals surface area contributed by atoms with Crippen LogP contribution in [0.1, 0.15) is 40.9 Å². The first-order valence-corrected chi connectivity index (χ1v) is 10.5. The fourth-order valence-corrected chi connectivity index (χ4v) is 3.59. The smallest absolute Gasteiger partial charge is 0.319 e. The molecular weight excluding hydrogens is 438 g/mol. The summed E-state index contributed by atoms with van der Waals surface area (Å²) in [4.78, 5) is 48.2. The maximum absolute atomic E-state index is 12.7. The number of benzene rings is 2. The number of aromatic hydroxyl groups is 1. The van der Waals surface area contributed by atoms with Crippen LogP contribution in [0.5, 0.6) is 5.75 Å². The average molecular weight is 463 g/mol. The third kappa shape index (κ3) is 5.50. The highest BCUT2D eigenvalue weighted by atomic mass is 16.4. The molecule has 4 N–H and O–H groups in total. The van der Waals surface area contributed by atoms with E-state index in [2.05, 4.69) is 10.6 Å². The van der Waals surface area contributed by atoms with Crippen molar-refractivity contribution in [2.75, 3.05) is 5.32 Å². The van der Waals surface area contributed by atoms with E-state index < -0.39 is 30.0 Å². The van der Waals surface area contributed by atoms with Gasteiger partial charge in [0.15, 0.2) is 11.5 Å². The molecule has 9 nitrogen and oxygen atoms in total. The fourth-order valence-electron chi connectivity index (χ4n) is 3.59. The summed E-state index contributed by atoms with van der Waals surface area (Å²) >= 11 is 0. The van der Waals surface area contributed by atoms with Crippen LogP contribution in [0.15, 0.2) is 59.5 Å². The second-order valence-corrected chi connectivity index (χ2v) is 7.96. The number of hydrogen-bond acceptors (Lipinski definition) is 5. The lowest BCUT2D eigenvalue weighted by atomic mass is 9.96. The van der Waals surface area contributed by atoms with Crippen molar-refractivity contribution in [1.29, 1.82) is 0 Å². The molecule has 1 unspecified atom stereocenters. The van der Waals surface area contributed by atoms with Gasteiger partial charge in [-0.3, -0.25) is 14.4 Å². The predicted octanol–water partition coefficient (Wildman–Crippen LogP) is 3.61. The third-order valence-corrected chi connectivity index (χ3v) is 5.35. The van der Waals surface area contributed by atoms with Crippen molar-refractivity contribution >= 4 is 23.5 Å². The van der Waals surface area contributed by atoms with Gasteiger partial charge in [0.2, 0.25) is 0 Å². The molecule has 0 bridgehead atoms. The molecule has 2 amide bonds. The summed E-state index contributed by atoms with van der Waals surface area (Å²) in [6, 6.07) is 12.2. The molecule has 2 aromatic carbocycles. The number of nitrogens with one attached hydrogen (secondary N) is 2. The first-order chi connectivity index (χ1) is 16.1. The Balaban J connectivity index is 1.90. The molecule has 34 heavy (non-hydrogen) atoms. The molecule has 176 valence electrons. The number of rotatable bonds is 7. The Morgan fingerprint density at radius 3 is 2.35 bits per heavy atom. The lowest BCUT2D eigenvalue weighted by Gasteiger charge is -2.19. The largest absolute Gasteiger partial charge is 0.505 e. The molecule has 1 atom stereocenters. The fraction of sp³-hybridized carbons (Fsp3) is 0.200. The SMILES string of the molecule is CC(=O)c1cccc(-c2cccc(C(CC(=O)O)NC(=O)Nc3c(O)c(C)cn(C)c3=O)c2)c1. The number of amides is 2. The number of carbonyl (C=O) groups is 3. The summed E-state index contributed by atoms with van der Waals surface area (Å²) in [7, 11) is 1.48. The normalized spacial score (nSPS) is 11.5. The highest BCUT2D eigenvalue weighted by molar-refractivity contribution is 5.95. The highest BCUT2D eigenvalue weighted by Gasteiger charge is 2.21. The summed E-state index contributed by atoms with van der Waals surface area (Å²) in [5.41, 5.74) is 2.04. The lowest BCUT2D eigenvalue weighted by molar-refractivity contribution is -0.137. The van der Waals surface area contributed by atoms with Crippen molar-refractivity contribution in [3.05, 3.63) is 81.8 Å². The van der Waals surface area contributed by atoms with Crippen LogP contribution in [0.25, 0.3) is 11.1 Å². The van der Waals surface area contributed by atoms with E-state index in [1.54, 1.807) is 43.3 Å². The molecule has 1 heterocycles. The van der Waals surface area contributed by atoms with Crippen molar-refractivity contribution < 1.29 is 24.6 Å². The lowest BCUT2D eigenvalue weighted by Crippen LogP contribution is -2.36. The number of hydrogen-bond donors (Lipinski definition) is 4. The molecule has 1 aromatic heterocycles. The Morgan fingerprint density at radius 1 is 1.06 bits per heavy atom. The summed E-state index contributed by atoms with van der Waals surface area (Å²) in [6.07, 6.45) is 1.02. The van der Waals surface area contributed by atoms with Gasteiger partial charge in [-0.2, -0.15) is 0 Å². The van der Waals surface area contributed by atoms with E-state index in [9.17, 15) is 29.4 Å². The van der Waals surface area contributed by atoms with Crippen LogP contribution in [0.3, 0.4) is 0 Å². The van der Waals surface area contributed by atoms with Crippen LogP contribution in [0, 0.1) is 6.92 Å². The van der Waals surface area contributed by atoms with Gasteiger partial charge in [-0.25, -0.2) is 4.79 Å². The monoisotopic (exact) mass is 463 g/mol. The molecule has 3 aromatic rings. The summed E-state index contributed by atoms with van der Waals surface area (Å²) in [5, 5.41) is 24.5. The maximum atomic E-state index is 12.7. The van der Waals surface area contributed by atoms with E-state index in [0.717, 1.165) is 11.1 Å². The number of aliphatic carboxylic acids is 1. The van der Waals surface area contributed by atoms with Crippen LogP contribution in [-0.2, 0) is 11.8 Å². The quantitative estimate of drug-likeness (QED) is 0.395. The van der Waals surface area contributed by atoms with Crippen molar-refractivity contribution in [1.82, 2.24) is 9.88 Å². The molecule has 0 saturated carbocycles. The Kier molecular flexibility index (Phi) is 7.15. The van der Waals surface area contributed by atoms with Crippen LogP contribution >= 0.6 is 0 Å². The molecule has 0 aliphatic carbocycles. The molecule has 0 saturated heterocycles. The minimum atomic E-state index is -1.14. The van der Waals surface area contributed by atoms with E-state index in [0.29, 0.717) is 16.7 Å². The average Bonchev–Trinajstić information content (AvgIpc) is 2.80. The van der Waals surface area contributed by atoms with Crippen molar-refractivity contribution in [2.45, 2.75) is 26.3 Å². The predicted molar refractivity (Wildman–Crippen MR) is 127 cm³/mol. The van der Waals surface area contributed by atoms with Gasteiger partial charge in [-0.05, 0) is 42.7 Å². The minimum absolute atomic E-state index is 0.0781. The van der Waals surface area contributed by atoms with Crippen molar-refractivity contribution in [3.8, 4) is 16.9 Å². The Hall–Kier alpha value is -4.40. The third-order valence-electron chi connectivity index (χ3n) is 5.35. The minimum Gasteiger partial charge on any atom is -0.505 e. The zero-order chi connectivity index (χ0) is 25.0. The van der Waals surface area contributed by atoms with Crippen molar-refractivity contribution in [3.63, 3.8) is 0 Å². The van der Waals surface area contributed by atoms with E-state index in [4.69, 9.17) is 0 Å².